The number of amides is 1. The third-order valence-electron chi connectivity index (χ3n) is 4.58. The van der Waals surface area contributed by atoms with E-state index in [9.17, 15) is 9.59 Å². The van der Waals surface area contributed by atoms with Gasteiger partial charge < -0.3 is 14.6 Å². The molecule has 0 bridgehead atoms. The fraction of sp³-hybridized carbons (Fsp3) is 0.400. The molecule has 1 aliphatic carbocycles. The number of aryl methyl sites for hydroxylation is 1. The Balaban J connectivity index is 1.58. The van der Waals surface area contributed by atoms with Gasteiger partial charge in [0, 0.05) is 24.0 Å². The second-order valence-corrected chi connectivity index (χ2v) is 6.64. The second-order valence-electron chi connectivity index (χ2n) is 6.64. The van der Waals surface area contributed by atoms with Gasteiger partial charge in [0.25, 0.3) is 5.91 Å². The van der Waals surface area contributed by atoms with Gasteiger partial charge in [-0.1, -0.05) is 30.3 Å². The van der Waals surface area contributed by atoms with Gasteiger partial charge >= 0.3 is 5.97 Å². The van der Waals surface area contributed by atoms with Crippen molar-refractivity contribution in [1.29, 1.82) is 0 Å². The van der Waals surface area contributed by atoms with Crippen LogP contribution in [0, 0.1) is 13.8 Å². The molecule has 0 spiro atoms. The van der Waals surface area contributed by atoms with Crippen LogP contribution < -0.4 is 5.32 Å². The van der Waals surface area contributed by atoms with Crippen LogP contribution in [0.15, 0.2) is 36.4 Å². The Kier molecular flexibility index (Phi) is 4.93. The molecule has 1 aromatic heterocycles. The van der Waals surface area contributed by atoms with Crippen LogP contribution in [-0.4, -0.2) is 22.5 Å². The molecule has 132 valence electrons. The predicted octanol–water partition coefficient (Wildman–Crippen LogP) is 3.30. The SMILES string of the molecule is Cc1cc(C(=O)O[C@H](C)C(=O)NCc2ccccc2)c(C)n1C1CC1. The third kappa shape index (κ3) is 3.92. The minimum absolute atomic E-state index is 0.298. The molecule has 1 amide bonds. The van der Waals surface area contributed by atoms with Gasteiger partial charge in [-0.05, 0) is 45.2 Å². The summed E-state index contributed by atoms with van der Waals surface area (Å²) >= 11 is 0. The Hall–Kier alpha value is -2.56. The normalized spacial score (nSPS) is 14.8. The number of hydrogen-bond acceptors (Lipinski definition) is 3. The smallest absolute Gasteiger partial charge is 0.340 e. The molecule has 5 heteroatoms. The first-order valence-electron chi connectivity index (χ1n) is 8.68. The standard InChI is InChI=1S/C20H24N2O3/c1-13-11-18(14(2)22(13)17-9-10-17)20(24)25-15(3)19(23)21-12-16-7-5-4-6-8-16/h4-8,11,15,17H,9-10,12H2,1-3H3,(H,21,23)/t15-/m1/s1. The lowest BCUT2D eigenvalue weighted by Crippen LogP contribution is -2.35. The lowest BCUT2D eigenvalue weighted by molar-refractivity contribution is -0.129. The maximum Gasteiger partial charge on any atom is 0.340 e. The van der Waals surface area contributed by atoms with Crippen molar-refractivity contribution >= 4 is 11.9 Å². The van der Waals surface area contributed by atoms with E-state index in [1.165, 1.54) is 0 Å². The van der Waals surface area contributed by atoms with E-state index in [-0.39, 0.29) is 5.91 Å². The van der Waals surface area contributed by atoms with E-state index in [0.717, 1.165) is 29.8 Å². The average Bonchev–Trinajstić information content (AvgIpc) is 3.38. The number of benzene rings is 1. The van der Waals surface area contributed by atoms with Gasteiger partial charge in [-0.25, -0.2) is 4.79 Å². The lowest BCUT2D eigenvalue weighted by atomic mass is 10.2. The van der Waals surface area contributed by atoms with Crippen LogP contribution in [0.2, 0.25) is 0 Å². The van der Waals surface area contributed by atoms with Gasteiger partial charge in [0.2, 0.25) is 0 Å². The number of esters is 1. The summed E-state index contributed by atoms with van der Waals surface area (Å²) in [6.45, 7) is 5.94. The highest BCUT2D eigenvalue weighted by molar-refractivity contribution is 5.93. The zero-order valence-corrected chi connectivity index (χ0v) is 14.9. The van der Waals surface area contributed by atoms with E-state index >= 15 is 0 Å². The summed E-state index contributed by atoms with van der Waals surface area (Å²) in [6.07, 6.45) is 1.48. The van der Waals surface area contributed by atoms with Gasteiger partial charge in [-0.3, -0.25) is 4.79 Å². The summed E-state index contributed by atoms with van der Waals surface area (Å²) < 4.78 is 7.56. The molecular formula is C20H24N2O3. The Labute approximate surface area is 148 Å². The van der Waals surface area contributed by atoms with Crippen molar-refractivity contribution in [3.8, 4) is 0 Å². The van der Waals surface area contributed by atoms with Gasteiger partial charge in [0.05, 0.1) is 5.56 Å². The van der Waals surface area contributed by atoms with Crippen molar-refractivity contribution in [3.63, 3.8) is 0 Å². The molecule has 0 saturated heterocycles. The maximum absolute atomic E-state index is 12.4. The fourth-order valence-electron chi connectivity index (χ4n) is 3.08. The van der Waals surface area contributed by atoms with Crippen LogP contribution in [0.3, 0.4) is 0 Å². The highest BCUT2D eigenvalue weighted by atomic mass is 16.5. The molecular weight excluding hydrogens is 316 g/mol. The number of nitrogens with one attached hydrogen (secondary N) is 1. The minimum atomic E-state index is -0.833. The number of carbonyl (C=O) groups excluding carboxylic acids is 2. The number of rotatable bonds is 6. The molecule has 0 aliphatic heterocycles. The third-order valence-corrected chi connectivity index (χ3v) is 4.58. The highest BCUT2D eigenvalue weighted by Gasteiger charge is 2.29. The minimum Gasteiger partial charge on any atom is -0.449 e. The molecule has 2 aromatic rings. The fourth-order valence-corrected chi connectivity index (χ4v) is 3.08. The van der Waals surface area contributed by atoms with E-state index in [1.54, 1.807) is 6.92 Å². The van der Waals surface area contributed by atoms with Crippen molar-refractivity contribution in [3.05, 3.63) is 58.9 Å². The topological polar surface area (TPSA) is 60.3 Å². The molecule has 1 atom stereocenters. The molecule has 25 heavy (non-hydrogen) atoms. The molecule has 5 nitrogen and oxygen atoms in total. The van der Waals surface area contributed by atoms with Gasteiger partial charge in [0.1, 0.15) is 0 Å². The van der Waals surface area contributed by atoms with Crippen LogP contribution in [-0.2, 0) is 16.1 Å². The summed E-state index contributed by atoms with van der Waals surface area (Å²) in [7, 11) is 0. The van der Waals surface area contributed by atoms with Gasteiger partial charge in [-0.2, -0.15) is 0 Å². The van der Waals surface area contributed by atoms with E-state index < -0.39 is 12.1 Å². The number of aromatic nitrogens is 1. The van der Waals surface area contributed by atoms with Crippen LogP contribution in [0.5, 0.6) is 0 Å². The summed E-state index contributed by atoms with van der Waals surface area (Å²) in [4.78, 5) is 24.6. The van der Waals surface area contributed by atoms with Crippen molar-refractivity contribution in [1.82, 2.24) is 9.88 Å². The molecule has 1 aromatic carbocycles. The van der Waals surface area contributed by atoms with Crippen LogP contribution >= 0.6 is 0 Å². The van der Waals surface area contributed by atoms with E-state index in [1.807, 2.05) is 50.2 Å². The highest BCUT2D eigenvalue weighted by Crippen LogP contribution is 2.38. The van der Waals surface area contributed by atoms with E-state index in [2.05, 4.69) is 9.88 Å². The largest absolute Gasteiger partial charge is 0.449 e. The van der Waals surface area contributed by atoms with Gasteiger partial charge in [-0.15, -0.1) is 0 Å². The van der Waals surface area contributed by atoms with Crippen molar-refractivity contribution in [2.75, 3.05) is 0 Å². The number of carbonyl (C=O) groups is 2. The molecule has 3 rings (SSSR count). The molecule has 1 heterocycles. The Morgan fingerprint density at radius 1 is 1.24 bits per heavy atom. The first-order valence-corrected chi connectivity index (χ1v) is 8.68. The number of ether oxygens (including phenoxy) is 1. The molecule has 1 aliphatic rings. The van der Waals surface area contributed by atoms with Crippen molar-refractivity contribution in [2.24, 2.45) is 0 Å². The first-order chi connectivity index (χ1) is 12.0. The Morgan fingerprint density at radius 2 is 1.92 bits per heavy atom. The monoisotopic (exact) mass is 340 g/mol. The quantitative estimate of drug-likeness (QED) is 0.821. The summed E-state index contributed by atoms with van der Waals surface area (Å²) in [6, 6.07) is 12.0. The Morgan fingerprint density at radius 3 is 2.56 bits per heavy atom. The Bertz CT molecular complexity index is 776. The second kappa shape index (κ2) is 7.13. The molecule has 1 N–H and O–H groups in total. The molecule has 1 fully saturated rings. The summed E-state index contributed by atoms with van der Waals surface area (Å²) in [5, 5.41) is 2.79. The van der Waals surface area contributed by atoms with Crippen molar-refractivity contribution in [2.45, 2.75) is 52.3 Å². The summed E-state index contributed by atoms with van der Waals surface area (Å²) in [5.41, 5.74) is 3.53. The first kappa shape index (κ1) is 17.3. The maximum atomic E-state index is 12.4. The van der Waals surface area contributed by atoms with Crippen LogP contribution in [0.4, 0.5) is 0 Å². The van der Waals surface area contributed by atoms with Gasteiger partial charge in [0.15, 0.2) is 6.10 Å². The molecule has 1 saturated carbocycles. The van der Waals surface area contributed by atoms with E-state index in [4.69, 9.17) is 4.74 Å². The lowest BCUT2D eigenvalue weighted by Gasteiger charge is -2.14. The number of hydrogen-bond donors (Lipinski definition) is 1. The predicted molar refractivity (Wildman–Crippen MR) is 95.3 cm³/mol. The van der Waals surface area contributed by atoms with Crippen LogP contribution in [0.25, 0.3) is 0 Å². The van der Waals surface area contributed by atoms with E-state index in [0.29, 0.717) is 18.2 Å². The molecule has 0 radical (unpaired) electrons. The molecule has 0 unspecified atom stereocenters. The summed E-state index contributed by atoms with van der Waals surface area (Å²) in [5.74, 6) is -0.740. The van der Waals surface area contributed by atoms with Crippen LogP contribution in [0.1, 0.15) is 53.1 Å². The zero-order valence-electron chi connectivity index (χ0n) is 14.9. The average molecular weight is 340 g/mol. The number of nitrogens with zero attached hydrogens (tertiary/aromatic N) is 1. The zero-order chi connectivity index (χ0) is 18.0. The van der Waals surface area contributed by atoms with Crippen molar-refractivity contribution < 1.29 is 14.3 Å².